The molecule has 1 aromatic heterocycles. The van der Waals surface area contributed by atoms with E-state index in [-0.39, 0.29) is 28.0 Å². The van der Waals surface area contributed by atoms with Gasteiger partial charge in [0, 0.05) is 0 Å². The molecule has 4 aromatic rings. The minimum absolute atomic E-state index is 0.150. The van der Waals surface area contributed by atoms with Crippen molar-refractivity contribution in [3.63, 3.8) is 0 Å². The molecule has 4 nitrogen and oxygen atoms in total. The number of aryl methyl sites for hydroxylation is 1. The van der Waals surface area contributed by atoms with Crippen molar-refractivity contribution < 1.29 is 22.6 Å². The number of ether oxygens (including phenoxy) is 2. The molecule has 0 radical (unpaired) electrons. The lowest BCUT2D eigenvalue weighted by atomic mass is 10.0. The summed E-state index contributed by atoms with van der Waals surface area (Å²) in [4.78, 5) is 0. The van der Waals surface area contributed by atoms with Crippen LogP contribution in [0.2, 0.25) is 10.0 Å². The van der Waals surface area contributed by atoms with E-state index < -0.39 is 11.9 Å². The van der Waals surface area contributed by atoms with Crippen LogP contribution in [0, 0.1) is 6.92 Å². The zero-order chi connectivity index (χ0) is 24.5. The molecule has 0 aliphatic carbocycles. The van der Waals surface area contributed by atoms with Gasteiger partial charge in [0.1, 0.15) is 23.8 Å². The van der Waals surface area contributed by atoms with Gasteiger partial charge in [-0.25, -0.2) is 4.68 Å². The topological polar surface area (TPSA) is 36.3 Å². The monoisotopic (exact) mass is 506 g/mol. The molecule has 176 valence electrons. The van der Waals surface area contributed by atoms with Crippen molar-refractivity contribution in [2.45, 2.75) is 19.7 Å². The molecule has 0 unspecified atom stereocenters. The standard InChI is InChI=1S/C25H19Cl2F3N2O2/c1-15-12-19(33-2)10-11-20(15)16-6-8-18(9-7-16)34-14-17-13-23(25(28,29)30)31-32(17)24-21(26)4-3-5-22(24)27/h3-13H,14H2,1-2H3. The number of nitrogens with zero attached hydrogens (tertiary/aromatic N) is 2. The predicted molar refractivity (Wildman–Crippen MR) is 126 cm³/mol. The largest absolute Gasteiger partial charge is 0.497 e. The van der Waals surface area contributed by atoms with Gasteiger partial charge in [-0.1, -0.05) is 47.5 Å². The number of methoxy groups -OCH3 is 1. The number of benzene rings is 3. The molecule has 0 bridgehead atoms. The fourth-order valence-electron chi connectivity index (χ4n) is 3.52. The molecular formula is C25H19Cl2F3N2O2. The lowest BCUT2D eigenvalue weighted by molar-refractivity contribution is -0.141. The first-order valence-corrected chi connectivity index (χ1v) is 10.9. The number of hydrogen-bond donors (Lipinski definition) is 0. The molecule has 0 aliphatic heterocycles. The van der Waals surface area contributed by atoms with Gasteiger partial charge in [-0.15, -0.1) is 0 Å². The summed E-state index contributed by atoms with van der Waals surface area (Å²) in [5.74, 6) is 1.26. The Morgan fingerprint density at radius 3 is 2.15 bits per heavy atom. The Kier molecular flexibility index (Phi) is 6.77. The van der Waals surface area contributed by atoms with Gasteiger partial charge in [-0.05, 0) is 66.1 Å². The lowest BCUT2D eigenvalue weighted by Crippen LogP contribution is -2.09. The van der Waals surface area contributed by atoms with Crippen LogP contribution in [0.15, 0.2) is 66.7 Å². The molecular weight excluding hydrogens is 488 g/mol. The molecule has 0 atom stereocenters. The highest BCUT2D eigenvalue weighted by Gasteiger charge is 2.35. The van der Waals surface area contributed by atoms with Gasteiger partial charge in [0.05, 0.1) is 22.8 Å². The van der Waals surface area contributed by atoms with E-state index in [9.17, 15) is 13.2 Å². The molecule has 0 amide bonds. The molecule has 1 heterocycles. The number of para-hydroxylation sites is 1. The van der Waals surface area contributed by atoms with Crippen molar-refractivity contribution in [2.24, 2.45) is 0 Å². The minimum Gasteiger partial charge on any atom is -0.497 e. The molecule has 0 aliphatic rings. The van der Waals surface area contributed by atoms with Crippen LogP contribution in [-0.4, -0.2) is 16.9 Å². The first-order chi connectivity index (χ1) is 16.2. The van der Waals surface area contributed by atoms with Crippen LogP contribution in [0.1, 0.15) is 17.0 Å². The fourth-order valence-corrected chi connectivity index (χ4v) is 4.08. The quantitative estimate of drug-likeness (QED) is 0.268. The first-order valence-electron chi connectivity index (χ1n) is 10.2. The summed E-state index contributed by atoms with van der Waals surface area (Å²) in [5, 5.41) is 4.04. The van der Waals surface area contributed by atoms with E-state index >= 15 is 0 Å². The number of rotatable bonds is 6. The van der Waals surface area contributed by atoms with Crippen molar-refractivity contribution in [1.82, 2.24) is 9.78 Å². The minimum atomic E-state index is -4.63. The van der Waals surface area contributed by atoms with Crippen LogP contribution < -0.4 is 9.47 Å². The zero-order valence-corrected chi connectivity index (χ0v) is 19.7. The summed E-state index contributed by atoms with van der Waals surface area (Å²) in [6, 6.07) is 18.7. The van der Waals surface area contributed by atoms with Gasteiger partial charge in [0.2, 0.25) is 0 Å². The molecule has 0 spiro atoms. The summed E-state index contributed by atoms with van der Waals surface area (Å²) in [7, 11) is 1.61. The zero-order valence-electron chi connectivity index (χ0n) is 18.2. The average molecular weight is 507 g/mol. The highest BCUT2D eigenvalue weighted by atomic mass is 35.5. The highest BCUT2D eigenvalue weighted by molar-refractivity contribution is 6.37. The SMILES string of the molecule is COc1ccc(-c2ccc(OCc3cc(C(F)(F)F)nn3-c3c(Cl)cccc3Cl)cc2)c(C)c1. The van der Waals surface area contributed by atoms with Gasteiger partial charge >= 0.3 is 6.18 Å². The van der Waals surface area contributed by atoms with Gasteiger partial charge < -0.3 is 9.47 Å². The third-order valence-corrected chi connectivity index (χ3v) is 5.82. The smallest absolute Gasteiger partial charge is 0.435 e. The second-order valence-corrected chi connectivity index (χ2v) is 8.31. The van der Waals surface area contributed by atoms with Crippen molar-refractivity contribution in [2.75, 3.05) is 7.11 Å². The summed E-state index contributed by atoms with van der Waals surface area (Å²) < 4.78 is 52.2. The number of hydrogen-bond acceptors (Lipinski definition) is 3. The van der Waals surface area contributed by atoms with E-state index in [2.05, 4.69) is 5.10 Å². The Balaban J connectivity index is 1.60. The van der Waals surface area contributed by atoms with Gasteiger partial charge in [0.15, 0.2) is 5.69 Å². The lowest BCUT2D eigenvalue weighted by Gasteiger charge is -2.13. The maximum Gasteiger partial charge on any atom is 0.435 e. The van der Waals surface area contributed by atoms with Crippen molar-refractivity contribution in [3.05, 3.63) is 93.7 Å². The summed E-state index contributed by atoms with van der Waals surface area (Å²) in [5.41, 5.74) is 2.30. The van der Waals surface area contributed by atoms with E-state index in [1.54, 1.807) is 25.3 Å². The fraction of sp³-hybridized carbons (Fsp3) is 0.160. The van der Waals surface area contributed by atoms with E-state index in [0.29, 0.717) is 5.75 Å². The molecule has 9 heteroatoms. The van der Waals surface area contributed by atoms with Crippen LogP contribution in [0.3, 0.4) is 0 Å². The van der Waals surface area contributed by atoms with Crippen molar-refractivity contribution in [1.29, 1.82) is 0 Å². The predicted octanol–water partition coefficient (Wildman–Crippen LogP) is 7.76. The summed E-state index contributed by atoms with van der Waals surface area (Å²) >= 11 is 12.4. The molecule has 0 saturated carbocycles. The summed E-state index contributed by atoms with van der Waals surface area (Å²) in [6.45, 7) is 1.81. The molecule has 0 fully saturated rings. The third kappa shape index (κ3) is 5.00. The normalized spacial score (nSPS) is 11.5. The van der Waals surface area contributed by atoms with Crippen molar-refractivity contribution in [3.8, 4) is 28.3 Å². The highest BCUT2D eigenvalue weighted by Crippen LogP contribution is 2.34. The van der Waals surface area contributed by atoms with Crippen LogP contribution in [0.5, 0.6) is 11.5 Å². The molecule has 0 N–H and O–H groups in total. The molecule has 4 rings (SSSR count). The third-order valence-electron chi connectivity index (χ3n) is 5.21. The molecule has 3 aromatic carbocycles. The Morgan fingerprint density at radius 1 is 0.912 bits per heavy atom. The molecule has 34 heavy (non-hydrogen) atoms. The van der Waals surface area contributed by atoms with Crippen LogP contribution in [-0.2, 0) is 12.8 Å². The van der Waals surface area contributed by atoms with Gasteiger partial charge in [-0.3, -0.25) is 0 Å². The first kappa shape index (κ1) is 24.0. The van der Waals surface area contributed by atoms with Gasteiger partial charge in [0.25, 0.3) is 0 Å². The number of halogens is 5. The maximum atomic E-state index is 13.4. The van der Waals surface area contributed by atoms with E-state index in [1.165, 1.54) is 12.1 Å². The number of aromatic nitrogens is 2. The van der Waals surface area contributed by atoms with E-state index in [1.807, 2.05) is 37.3 Å². The van der Waals surface area contributed by atoms with Crippen LogP contribution in [0.4, 0.5) is 13.2 Å². The number of alkyl halides is 3. The van der Waals surface area contributed by atoms with Crippen LogP contribution >= 0.6 is 23.2 Å². The average Bonchev–Trinajstić information content (AvgIpc) is 3.22. The molecule has 0 saturated heterocycles. The Hall–Kier alpha value is -3.16. The van der Waals surface area contributed by atoms with Crippen molar-refractivity contribution >= 4 is 23.2 Å². The maximum absolute atomic E-state index is 13.4. The van der Waals surface area contributed by atoms with E-state index in [4.69, 9.17) is 32.7 Å². The Bertz CT molecular complexity index is 1300. The second kappa shape index (κ2) is 9.60. The van der Waals surface area contributed by atoms with Gasteiger partial charge in [-0.2, -0.15) is 18.3 Å². The van der Waals surface area contributed by atoms with E-state index in [0.717, 1.165) is 33.2 Å². The Morgan fingerprint density at radius 2 is 1.56 bits per heavy atom. The Labute approximate surface area is 204 Å². The summed E-state index contributed by atoms with van der Waals surface area (Å²) in [6.07, 6.45) is -4.63. The second-order valence-electron chi connectivity index (χ2n) is 7.49. The van der Waals surface area contributed by atoms with Crippen LogP contribution in [0.25, 0.3) is 16.8 Å².